The number of benzene rings is 1. The lowest BCUT2D eigenvalue weighted by Gasteiger charge is -2.38. The summed E-state index contributed by atoms with van der Waals surface area (Å²) in [6.07, 6.45) is 1.41. The van der Waals surface area contributed by atoms with Crippen molar-refractivity contribution in [3.63, 3.8) is 0 Å². The maximum absolute atomic E-state index is 13.0. The van der Waals surface area contributed by atoms with Crippen molar-refractivity contribution in [2.75, 3.05) is 5.32 Å². The molecule has 0 saturated heterocycles. The van der Waals surface area contributed by atoms with Gasteiger partial charge in [0.15, 0.2) is 11.6 Å². The minimum atomic E-state index is -0.223. The fraction of sp³-hybridized carbons (Fsp3) is 0.368. The number of hydrogen-bond acceptors (Lipinski definition) is 4. The molecule has 1 unspecified atom stereocenters. The van der Waals surface area contributed by atoms with Crippen LogP contribution in [0.5, 0.6) is 5.75 Å². The first kappa shape index (κ1) is 15.0. The van der Waals surface area contributed by atoms with Crippen molar-refractivity contribution in [3.8, 4) is 5.75 Å². The predicted octanol–water partition coefficient (Wildman–Crippen LogP) is 3.73. The second-order valence-corrected chi connectivity index (χ2v) is 7.57. The number of anilines is 1. The first-order chi connectivity index (χ1) is 11.4. The summed E-state index contributed by atoms with van der Waals surface area (Å²) in [4.78, 5) is 13.0. The summed E-state index contributed by atoms with van der Waals surface area (Å²) < 4.78 is 0. The average molecular weight is 323 g/mol. The van der Waals surface area contributed by atoms with Gasteiger partial charge in [-0.05, 0) is 42.0 Å². The normalized spacial score (nSPS) is 22.0. The molecule has 0 fully saturated rings. The van der Waals surface area contributed by atoms with E-state index in [4.69, 9.17) is 0 Å². The van der Waals surface area contributed by atoms with Crippen LogP contribution in [-0.4, -0.2) is 21.1 Å². The average Bonchev–Trinajstić information content (AvgIpc) is 2.87. The Morgan fingerprint density at radius 3 is 2.62 bits per heavy atom. The molecule has 0 bridgehead atoms. The number of phenolic OH excluding ortho intramolecular Hbond substituents is 1. The molecule has 0 radical (unpaired) electrons. The molecule has 1 aliphatic carbocycles. The van der Waals surface area contributed by atoms with Crippen LogP contribution in [0.3, 0.4) is 0 Å². The Bertz CT molecular complexity index is 859. The van der Waals surface area contributed by atoms with Gasteiger partial charge in [-0.3, -0.25) is 9.89 Å². The fourth-order valence-corrected chi connectivity index (χ4v) is 3.92. The Hall–Kier alpha value is -2.56. The number of aromatic nitrogens is 2. The summed E-state index contributed by atoms with van der Waals surface area (Å²) >= 11 is 0. The second kappa shape index (κ2) is 4.97. The van der Waals surface area contributed by atoms with Crippen LogP contribution in [0.25, 0.3) is 5.57 Å². The number of hydrogen-bond donors (Lipinski definition) is 3. The van der Waals surface area contributed by atoms with Crippen molar-refractivity contribution >= 4 is 17.2 Å². The Balaban J connectivity index is 1.92. The first-order valence-electron chi connectivity index (χ1n) is 8.23. The van der Waals surface area contributed by atoms with Gasteiger partial charge in [0.1, 0.15) is 5.75 Å². The zero-order chi connectivity index (χ0) is 17.1. The van der Waals surface area contributed by atoms with E-state index in [0.717, 1.165) is 40.2 Å². The van der Waals surface area contributed by atoms with Crippen LogP contribution in [0.4, 0.5) is 5.82 Å². The third kappa shape index (κ3) is 2.23. The van der Waals surface area contributed by atoms with Crippen LogP contribution >= 0.6 is 0 Å². The maximum atomic E-state index is 13.0. The molecule has 0 saturated carbocycles. The van der Waals surface area contributed by atoms with E-state index in [-0.39, 0.29) is 23.0 Å². The number of H-pyrrole nitrogens is 1. The monoisotopic (exact) mass is 323 g/mol. The maximum Gasteiger partial charge on any atom is 0.162 e. The van der Waals surface area contributed by atoms with Gasteiger partial charge in [-0.1, -0.05) is 26.0 Å². The highest BCUT2D eigenvalue weighted by Crippen LogP contribution is 2.50. The molecule has 1 aliphatic heterocycles. The zero-order valence-electron chi connectivity index (χ0n) is 14.1. The Kier molecular flexibility index (Phi) is 3.10. The van der Waals surface area contributed by atoms with Gasteiger partial charge in [0.2, 0.25) is 0 Å². The van der Waals surface area contributed by atoms with Crippen molar-refractivity contribution < 1.29 is 9.90 Å². The molecule has 0 spiro atoms. The lowest BCUT2D eigenvalue weighted by molar-refractivity contribution is -0.118. The van der Waals surface area contributed by atoms with Gasteiger partial charge in [0, 0.05) is 23.3 Å². The molecule has 124 valence electrons. The van der Waals surface area contributed by atoms with Crippen LogP contribution in [0, 0.1) is 12.3 Å². The number of aryl methyl sites for hydroxylation is 1. The summed E-state index contributed by atoms with van der Waals surface area (Å²) in [7, 11) is 0. The van der Waals surface area contributed by atoms with Gasteiger partial charge < -0.3 is 10.4 Å². The van der Waals surface area contributed by atoms with E-state index in [9.17, 15) is 9.90 Å². The third-order valence-corrected chi connectivity index (χ3v) is 4.97. The number of fused-ring (bicyclic) bond motifs is 2. The van der Waals surface area contributed by atoms with Crippen molar-refractivity contribution in [3.05, 3.63) is 46.7 Å². The Morgan fingerprint density at radius 1 is 1.21 bits per heavy atom. The van der Waals surface area contributed by atoms with Crippen molar-refractivity contribution in [2.24, 2.45) is 5.41 Å². The number of nitrogens with one attached hydrogen (secondary N) is 2. The topological polar surface area (TPSA) is 78.0 Å². The SMILES string of the molecule is Cc1[nH]nc2c1C1=C(C(=O)CC(C)(C)C1)C(c1ccc(O)cc1)N2. The van der Waals surface area contributed by atoms with Crippen LogP contribution in [-0.2, 0) is 4.79 Å². The minimum Gasteiger partial charge on any atom is -0.508 e. The van der Waals surface area contributed by atoms with Crippen LogP contribution < -0.4 is 5.32 Å². The minimum absolute atomic E-state index is 0.0479. The van der Waals surface area contributed by atoms with E-state index in [0.29, 0.717) is 6.42 Å². The molecular formula is C19H21N3O2. The van der Waals surface area contributed by atoms with E-state index in [1.165, 1.54) is 0 Å². The molecule has 1 aromatic carbocycles. The summed E-state index contributed by atoms with van der Waals surface area (Å²) in [6, 6.07) is 6.79. The number of aromatic hydroxyl groups is 1. The van der Waals surface area contributed by atoms with E-state index < -0.39 is 0 Å². The summed E-state index contributed by atoms with van der Waals surface area (Å²) in [5, 5.41) is 20.4. The number of carbonyl (C=O) groups excluding carboxylic acids is 1. The van der Waals surface area contributed by atoms with Crippen LogP contribution in [0.2, 0.25) is 0 Å². The number of rotatable bonds is 1. The smallest absolute Gasteiger partial charge is 0.162 e. The van der Waals surface area contributed by atoms with Crippen LogP contribution in [0.1, 0.15) is 49.6 Å². The van der Waals surface area contributed by atoms with Crippen molar-refractivity contribution in [1.82, 2.24) is 10.2 Å². The van der Waals surface area contributed by atoms with Gasteiger partial charge in [-0.15, -0.1) is 0 Å². The Morgan fingerprint density at radius 2 is 1.92 bits per heavy atom. The number of Topliss-reactive ketones (excluding diaryl/α,β-unsaturated/α-hetero) is 1. The molecule has 1 atom stereocenters. The van der Waals surface area contributed by atoms with Crippen molar-refractivity contribution in [2.45, 2.75) is 39.7 Å². The Labute approximate surface area is 140 Å². The van der Waals surface area contributed by atoms with Gasteiger partial charge in [-0.2, -0.15) is 5.10 Å². The lowest BCUT2D eigenvalue weighted by Crippen LogP contribution is -2.33. The molecular weight excluding hydrogens is 302 g/mol. The highest BCUT2D eigenvalue weighted by atomic mass is 16.3. The fourth-order valence-electron chi connectivity index (χ4n) is 3.92. The number of allylic oxidation sites excluding steroid dienone is 1. The zero-order valence-corrected chi connectivity index (χ0v) is 14.1. The standard InChI is InChI=1S/C19H21N3O2/c1-10-15-13-8-19(2,3)9-14(24)16(13)17(20-18(15)22-21-10)11-4-6-12(23)7-5-11/h4-7,17,23H,8-9H2,1-3H3,(H2,20,21,22). The third-order valence-electron chi connectivity index (χ3n) is 4.97. The van der Waals surface area contributed by atoms with E-state index >= 15 is 0 Å². The quantitative estimate of drug-likeness (QED) is 0.747. The number of aromatic amines is 1. The van der Waals surface area contributed by atoms with Gasteiger partial charge in [-0.25, -0.2) is 0 Å². The second-order valence-electron chi connectivity index (χ2n) is 7.57. The molecule has 2 heterocycles. The van der Waals surface area contributed by atoms with Gasteiger partial charge in [0.05, 0.1) is 6.04 Å². The molecule has 1 aromatic heterocycles. The molecule has 0 amide bonds. The molecule has 2 aliphatic rings. The van der Waals surface area contributed by atoms with Gasteiger partial charge in [0.25, 0.3) is 0 Å². The molecule has 2 aromatic rings. The highest BCUT2D eigenvalue weighted by molar-refractivity contribution is 6.08. The number of nitrogens with zero attached hydrogens (tertiary/aromatic N) is 1. The van der Waals surface area contributed by atoms with E-state index in [1.54, 1.807) is 12.1 Å². The summed E-state index contributed by atoms with van der Waals surface area (Å²) in [5.74, 6) is 1.21. The lowest BCUT2D eigenvalue weighted by atomic mass is 9.68. The predicted molar refractivity (Wildman–Crippen MR) is 92.7 cm³/mol. The molecule has 24 heavy (non-hydrogen) atoms. The molecule has 4 rings (SSSR count). The number of carbonyl (C=O) groups is 1. The molecule has 3 N–H and O–H groups in total. The highest BCUT2D eigenvalue weighted by Gasteiger charge is 2.41. The first-order valence-corrected chi connectivity index (χ1v) is 8.23. The van der Waals surface area contributed by atoms with Crippen molar-refractivity contribution in [1.29, 1.82) is 0 Å². The molecule has 5 nitrogen and oxygen atoms in total. The molecule has 5 heteroatoms. The van der Waals surface area contributed by atoms with E-state index in [1.807, 2.05) is 19.1 Å². The van der Waals surface area contributed by atoms with E-state index in [2.05, 4.69) is 29.4 Å². The number of ketones is 1. The largest absolute Gasteiger partial charge is 0.508 e. The summed E-state index contributed by atoms with van der Waals surface area (Å²) in [6.45, 7) is 6.27. The van der Waals surface area contributed by atoms with Crippen LogP contribution in [0.15, 0.2) is 29.8 Å². The van der Waals surface area contributed by atoms with Gasteiger partial charge >= 0.3 is 0 Å². The summed E-state index contributed by atoms with van der Waals surface area (Å²) in [5.41, 5.74) is 4.89. The number of phenols is 1.